The van der Waals surface area contributed by atoms with Crippen molar-refractivity contribution in [2.45, 2.75) is 33.6 Å². The molecule has 0 saturated carbocycles. The van der Waals surface area contributed by atoms with Crippen molar-refractivity contribution in [3.05, 3.63) is 10.6 Å². The second-order valence-corrected chi connectivity index (χ2v) is 6.76. The third-order valence-corrected chi connectivity index (χ3v) is 4.64. The van der Waals surface area contributed by atoms with E-state index in [0.717, 1.165) is 35.2 Å². The number of thiazole rings is 1. The van der Waals surface area contributed by atoms with Crippen LogP contribution in [0.5, 0.6) is 0 Å². The minimum atomic E-state index is 0.0407. The number of fused-ring (bicyclic) bond motifs is 1. The van der Waals surface area contributed by atoms with E-state index in [-0.39, 0.29) is 11.2 Å². The fraction of sp³-hybridized carbons (Fsp3) is 0.714. The van der Waals surface area contributed by atoms with Gasteiger partial charge in [-0.15, -0.1) is 0 Å². The molecule has 1 heterocycles. The van der Waals surface area contributed by atoms with Crippen molar-refractivity contribution >= 4 is 22.3 Å². The highest BCUT2D eigenvalue weighted by molar-refractivity contribution is 7.17. The van der Waals surface area contributed by atoms with Crippen LogP contribution in [0, 0.1) is 5.41 Å². The van der Waals surface area contributed by atoms with Gasteiger partial charge in [-0.1, -0.05) is 25.2 Å². The van der Waals surface area contributed by atoms with Gasteiger partial charge in [0.2, 0.25) is 0 Å². The Morgan fingerprint density at radius 2 is 2.16 bits per heavy atom. The van der Waals surface area contributed by atoms with E-state index in [4.69, 9.17) is 4.74 Å². The van der Waals surface area contributed by atoms with Crippen LogP contribution in [0.3, 0.4) is 0 Å². The van der Waals surface area contributed by atoms with Gasteiger partial charge in [0.25, 0.3) is 0 Å². The van der Waals surface area contributed by atoms with Crippen LogP contribution >= 0.6 is 11.3 Å². The molecule has 0 atom stereocenters. The number of hydrogen-bond acceptors (Lipinski definition) is 5. The van der Waals surface area contributed by atoms with Gasteiger partial charge in [0.1, 0.15) is 0 Å². The zero-order chi connectivity index (χ0) is 14.0. The van der Waals surface area contributed by atoms with Gasteiger partial charge < -0.3 is 9.64 Å². The fourth-order valence-corrected chi connectivity index (χ4v) is 3.54. The number of methoxy groups -OCH3 is 1. The molecular formula is C14H22N2O2S. The van der Waals surface area contributed by atoms with Crippen LogP contribution < -0.4 is 4.90 Å². The number of hydrogen-bond donors (Lipinski definition) is 0. The third-order valence-electron chi connectivity index (χ3n) is 3.44. The first-order chi connectivity index (χ1) is 8.96. The quantitative estimate of drug-likeness (QED) is 0.833. The molecule has 1 aliphatic carbocycles. The highest BCUT2D eigenvalue weighted by Gasteiger charge is 2.34. The van der Waals surface area contributed by atoms with Crippen molar-refractivity contribution in [2.24, 2.45) is 5.41 Å². The number of nitrogens with zero attached hydrogens (tertiary/aromatic N) is 2. The molecule has 0 saturated heterocycles. The summed E-state index contributed by atoms with van der Waals surface area (Å²) in [4.78, 5) is 19.9. The smallest absolute Gasteiger partial charge is 0.186 e. The van der Waals surface area contributed by atoms with Crippen LogP contribution in [0.4, 0.5) is 5.13 Å². The summed E-state index contributed by atoms with van der Waals surface area (Å²) in [6, 6.07) is 0. The number of anilines is 1. The van der Waals surface area contributed by atoms with Gasteiger partial charge >= 0.3 is 0 Å². The first-order valence-electron chi connectivity index (χ1n) is 6.73. The van der Waals surface area contributed by atoms with E-state index in [1.54, 1.807) is 7.11 Å². The van der Waals surface area contributed by atoms with Crippen LogP contribution in [0.25, 0.3) is 0 Å². The SMILES string of the molecule is CCN(CCOC)c1nc2c(s1)C(=O)CC(C)(C)C2. The van der Waals surface area contributed by atoms with Crippen molar-refractivity contribution in [3.63, 3.8) is 0 Å². The van der Waals surface area contributed by atoms with Crippen molar-refractivity contribution in [3.8, 4) is 0 Å². The first-order valence-corrected chi connectivity index (χ1v) is 7.55. The molecule has 0 fully saturated rings. The minimum absolute atomic E-state index is 0.0407. The summed E-state index contributed by atoms with van der Waals surface area (Å²) in [5.74, 6) is 0.248. The molecule has 0 spiro atoms. The van der Waals surface area contributed by atoms with E-state index >= 15 is 0 Å². The van der Waals surface area contributed by atoms with Gasteiger partial charge in [0.15, 0.2) is 10.9 Å². The Labute approximate surface area is 118 Å². The molecule has 1 aromatic heterocycles. The van der Waals surface area contributed by atoms with Gasteiger partial charge in [-0.05, 0) is 18.8 Å². The molecule has 0 amide bonds. The zero-order valence-corrected chi connectivity index (χ0v) is 13.0. The van der Waals surface area contributed by atoms with Crippen LogP contribution in [0.2, 0.25) is 0 Å². The number of carbonyl (C=O) groups is 1. The van der Waals surface area contributed by atoms with Gasteiger partial charge in [-0.3, -0.25) is 4.79 Å². The fourth-order valence-electron chi connectivity index (χ4n) is 2.43. The Hall–Kier alpha value is -0.940. The van der Waals surface area contributed by atoms with Crippen molar-refractivity contribution in [2.75, 3.05) is 31.7 Å². The second-order valence-electron chi connectivity index (χ2n) is 5.79. The Balaban J connectivity index is 2.24. The minimum Gasteiger partial charge on any atom is -0.383 e. The van der Waals surface area contributed by atoms with E-state index in [2.05, 4.69) is 30.7 Å². The van der Waals surface area contributed by atoms with Gasteiger partial charge in [-0.2, -0.15) is 0 Å². The summed E-state index contributed by atoms with van der Waals surface area (Å²) in [5, 5.41) is 0.954. The number of aromatic nitrogens is 1. The molecule has 19 heavy (non-hydrogen) atoms. The van der Waals surface area contributed by atoms with Crippen LogP contribution in [-0.2, 0) is 11.2 Å². The molecule has 0 aromatic carbocycles. The maximum atomic E-state index is 12.2. The van der Waals surface area contributed by atoms with Gasteiger partial charge in [0, 0.05) is 26.6 Å². The summed E-state index contributed by atoms with van der Waals surface area (Å²) in [6.45, 7) is 8.74. The van der Waals surface area contributed by atoms with E-state index in [0.29, 0.717) is 13.0 Å². The lowest BCUT2D eigenvalue weighted by Gasteiger charge is -2.26. The maximum Gasteiger partial charge on any atom is 0.186 e. The van der Waals surface area contributed by atoms with E-state index in [9.17, 15) is 4.79 Å². The summed E-state index contributed by atoms with van der Waals surface area (Å²) >= 11 is 1.54. The first kappa shape index (κ1) is 14.5. The molecule has 2 rings (SSSR count). The molecule has 4 nitrogen and oxygen atoms in total. The average Bonchev–Trinajstić information content (AvgIpc) is 2.72. The van der Waals surface area contributed by atoms with Crippen molar-refractivity contribution in [1.82, 2.24) is 4.98 Å². The van der Waals surface area contributed by atoms with Crippen molar-refractivity contribution < 1.29 is 9.53 Å². The molecule has 0 aliphatic heterocycles. The molecule has 0 N–H and O–H groups in total. The Morgan fingerprint density at radius 3 is 2.79 bits per heavy atom. The monoisotopic (exact) mass is 282 g/mol. The molecule has 0 radical (unpaired) electrons. The number of rotatable bonds is 5. The number of likely N-dealkylation sites (N-methyl/N-ethyl adjacent to an activating group) is 1. The van der Waals surface area contributed by atoms with Crippen LogP contribution in [0.15, 0.2) is 0 Å². The molecule has 1 aromatic rings. The van der Waals surface area contributed by atoms with Crippen molar-refractivity contribution in [1.29, 1.82) is 0 Å². The summed E-state index contributed by atoms with van der Waals surface area (Å²) in [7, 11) is 1.70. The van der Waals surface area contributed by atoms with Crippen LogP contribution in [0.1, 0.15) is 42.6 Å². The number of ether oxygens (including phenoxy) is 1. The van der Waals surface area contributed by atoms with Crippen LogP contribution in [-0.4, -0.2) is 37.6 Å². The lowest BCUT2D eigenvalue weighted by Crippen LogP contribution is -2.27. The topological polar surface area (TPSA) is 42.4 Å². The van der Waals surface area contributed by atoms with Gasteiger partial charge in [-0.25, -0.2) is 4.98 Å². The third kappa shape index (κ3) is 3.15. The number of carbonyl (C=O) groups excluding carboxylic acids is 1. The Bertz CT molecular complexity index is 468. The van der Waals surface area contributed by atoms with E-state index < -0.39 is 0 Å². The molecule has 0 unspecified atom stereocenters. The maximum absolute atomic E-state index is 12.2. The van der Waals surface area contributed by atoms with E-state index in [1.807, 2.05) is 0 Å². The zero-order valence-electron chi connectivity index (χ0n) is 12.2. The summed E-state index contributed by atoms with van der Waals surface area (Å²) in [6.07, 6.45) is 1.53. The molecule has 5 heteroatoms. The summed E-state index contributed by atoms with van der Waals surface area (Å²) < 4.78 is 5.12. The standard InChI is InChI=1S/C14H22N2O2S/c1-5-16(6-7-18-4)13-15-10-8-14(2,3)9-11(17)12(10)19-13/h5-9H2,1-4H3. The summed E-state index contributed by atoms with van der Waals surface area (Å²) in [5.41, 5.74) is 1.02. The Morgan fingerprint density at radius 1 is 1.42 bits per heavy atom. The molecule has 1 aliphatic rings. The predicted molar refractivity (Wildman–Crippen MR) is 78.3 cm³/mol. The van der Waals surface area contributed by atoms with E-state index in [1.165, 1.54) is 11.3 Å². The molecular weight excluding hydrogens is 260 g/mol. The highest BCUT2D eigenvalue weighted by Crippen LogP contribution is 2.39. The largest absolute Gasteiger partial charge is 0.383 e. The molecule has 0 bridgehead atoms. The lowest BCUT2D eigenvalue weighted by atomic mass is 9.78. The van der Waals surface area contributed by atoms with Gasteiger partial charge in [0.05, 0.1) is 17.2 Å². The molecule has 106 valence electrons. The number of Topliss-reactive ketones (excluding diaryl/α,β-unsaturated/α-hetero) is 1. The number of ketones is 1. The second kappa shape index (κ2) is 5.59. The average molecular weight is 282 g/mol. The lowest BCUT2D eigenvalue weighted by molar-refractivity contribution is 0.0916. The highest BCUT2D eigenvalue weighted by atomic mass is 32.1. The predicted octanol–water partition coefficient (Wildman–Crippen LogP) is 2.77. The normalized spacial score (nSPS) is 17.4. The Kier molecular flexibility index (Phi) is 4.26.